The lowest BCUT2D eigenvalue weighted by Crippen LogP contribution is -2.36. The Kier molecular flexibility index (Phi) is 6.66. The van der Waals surface area contributed by atoms with Gasteiger partial charge in [-0.25, -0.2) is 0 Å². The lowest BCUT2D eigenvalue weighted by molar-refractivity contribution is -0.117. The number of hydrogen-bond acceptors (Lipinski definition) is 2. The molecule has 2 aliphatic carbocycles. The van der Waals surface area contributed by atoms with Crippen LogP contribution in [0.25, 0.3) is 12.2 Å². The van der Waals surface area contributed by atoms with Crippen molar-refractivity contribution >= 4 is 18.1 Å². The van der Waals surface area contributed by atoms with Gasteiger partial charge in [0.15, 0.2) is 0 Å². The van der Waals surface area contributed by atoms with Gasteiger partial charge in [-0.1, -0.05) is 32.9 Å². The summed E-state index contributed by atoms with van der Waals surface area (Å²) in [6.45, 7) is 8.93. The fourth-order valence-corrected chi connectivity index (χ4v) is 2.82. The van der Waals surface area contributed by atoms with Crippen LogP contribution in [0.15, 0.2) is 23.9 Å². The minimum Gasteiger partial charge on any atom is -0.361 e. The molecule has 2 N–H and O–H groups in total. The minimum atomic E-state index is 0.0551. The van der Waals surface area contributed by atoms with Crippen LogP contribution in [0.3, 0.4) is 0 Å². The van der Waals surface area contributed by atoms with Crippen molar-refractivity contribution in [1.29, 1.82) is 0 Å². The molecule has 4 heteroatoms. The first-order valence-electron chi connectivity index (χ1n) is 8.84. The highest BCUT2D eigenvalue weighted by Gasteiger charge is 2.27. The monoisotopic (exact) mass is 315 g/mol. The third kappa shape index (κ3) is 4.83. The molecule has 126 valence electrons. The van der Waals surface area contributed by atoms with Gasteiger partial charge in [0.1, 0.15) is 0 Å². The first kappa shape index (κ1) is 17.5. The van der Waals surface area contributed by atoms with Crippen LogP contribution in [0.5, 0.6) is 0 Å². The van der Waals surface area contributed by atoms with Gasteiger partial charge in [0.05, 0.1) is 0 Å². The Bertz CT molecular complexity index is 652. The number of carbonyl (C=O) groups excluding carboxylic acids is 1. The Labute approximate surface area is 139 Å². The van der Waals surface area contributed by atoms with Crippen molar-refractivity contribution in [1.82, 2.24) is 15.2 Å². The van der Waals surface area contributed by atoms with Crippen LogP contribution in [-0.2, 0) is 4.79 Å². The molecule has 1 amide bonds. The van der Waals surface area contributed by atoms with Crippen LogP contribution in [0.2, 0.25) is 0 Å². The molecule has 1 fully saturated rings. The number of carbonyl (C=O) groups is 1. The van der Waals surface area contributed by atoms with Crippen LogP contribution >= 0.6 is 0 Å². The molecule has 4 nitrogen and oxygen atoms in total. The van der Waals surface area contributed by atoms with E-state index in [-0.39, 0.29) is 5.91 Å². The molecule has 1 aromatic rings. The van der Waals surface area contributed by atoms with Crippen molar-refractivity contribution < 1.29 is 4.79 Å². The molecule has 0 aromatic carbocycles. The predicted octanol–water partition coefficient (Wildman–Crippen LogP) is 1.53. The van der Waals surface area contributed by atoms with E-state index in [0.717, 1.165) is 36.6 Å². The molecule has 0 radical (unpaired) electrons. The number of amides is 1. The summed E-state index contributed by atoms with van der Waals surface area (Å²) >= 11 is 0. The summed E-state index contributed by atoms with van der Waals surface area (Å²) < 4.78 is 0. The van der Waals surface area contributed by atoms with Crippen molar-refractivity contribution in [2.45, 2.75) is 46.1 Å². The maximum atomic E-state index is 12.2. The largest absolute Gasteiger partial charge is 0.361 e. The number of aromatic nitrogens is 1. The quantitative estimate of drug-likeness (QED) is 0.836. The maximum absolute atomic E-state index is 12.2. The van der Waals surface area contributed by atoms with E-state index in [1.807, 2.05) is 38.3 Å². The van der Waals surface area contributed by atoms with Crippen LogP contribution in [0.1, 0.15) is 40.0 Å². The van der Waals surface area contributed by atoms with Crippen molar-refractivity contribution in [3.8, 4) is 0 Å². The van der Waals surface area contributed by atoms with Gasteiger partial charge in [-0.2, -0.15) is 0 Å². The smallest absolute Gasteiger partial charge is 0.247 e. The van der Waals surface area contributed by atoms with E-state index < -0.39 is 0 Å². The summed E-state index contributed by atoms with van der Waals surface area (Å²) in [6.07, 6.45) is 11.2. The molecular formula is C19H29N3O. The molecule has 1 aromatic heterocycles. The summed E-state index contributed by atoms with van der Waals surface area (Å²) in [6, 6.07) is 2.80. The zero-order valence-electron chi connectivity index (χ0n) is 14.6. The van der Waals surface area contributed by atoms with Crippen LogP contribution in [0.4, 0.5) is 0 Å². The number of likely N-dealkylation sites (N-methyl/N-ethyl adjacent to an activating group) is 1. The van der Waals surface area contributed by atoms with Crippen LogP contribution < -0.4 is 15.9 Å². The molecule has 3 rings (SSSR count). The van der Waals surface area contributed by atoms with E-state index in [2.05, 4.69) is 28.2 Å². The van der Waals surface area contributed by atoms with E-state index in [1.165, 1.54) is 18.1 Å². The average Bonchev–Trinajstić information content (AvgIpc) is 3.36. The number of nitrogens with one attached hydrogen (secondary N) is 2. The number of rotatable bonds is 6. The zero-order chi connectivity index (χ0) is 16.7. The number of fused-ring (bicyclic) bond motifs is 1. The minimum absolute atomic E-state index is 0.0551. The molecule has 0 unspecified atom stereocenters. The average molecular weight is 315 g/mol. The molecule has 1 heterocycles. The Morgan fingerprint density at radius 1 is 1.35 bits per heavy atom. The maximum Gasteiger partial charge on any atom is 0.247 e. The number of aromatic amines is 1. The second-order valence-corrected chi connectivity index (χ2v) is 5.73. The van der Waals surface area contributed by atoms with Gasteiger partial charge in [-0.05, 0) is 43.2 Å². The predicted molar refractivity (Wildman–Crippen MR) is 96.3 cm³/mol. The van der Waals surface area contributed by atoms with Crippen molar-refractivity contribution in [2.24, 2.45) is 0 Å². The normalized spacial score (nSPS) is 16.1. The third-order valence-electron chi connectivity index (χ3n) is 4.25. The number of allylic oxidation sites excluding steroid dienone is 1. The Morgan fingerprint density at radius 3 is 2.83 bits per heavy atom. The summed E-state index contributed by atoms with van der Waals surface area (Å²) in [7, 11) is 0. The second-order valence-electron chi connectivity index (χ2n) is 5.73. The molecule has 1 saturated carbocycles. The van der Waals surface area contributed by atoms with Crippen LogP contribution in [-0.4, -0.2) is 41.5 Å². The van der Waals surface area contributed by atoms with E-state index >= 15 is 0 Å². The van der Waals surface area contributed by atoms with Crippen molar-refractivity contribution in [2.75, 3.05) is 19.6 Å². The number of H-pyrrole nitrogens is 1. The van der Waals surface area contributed by atoms with Crippen molar-refractivity contribution in [3.05, 3.63) is 34.5 Å². The summed E-state index contributed by atoms with van der Waals surface area (Å²) in [5, 5.41) is 5.29. The van der Waals surface area contributed by atoms with Gasteiger partial charge in [-0.15, -0.1) is 0 Å². The Hall–Kier alpha value is -1.81. The molecule has 23 heavy (non-hydrogen) atoms. The van der Waals surface area contributed by atoms with E-state index in [1.54, 1.807) is 0 Å². The molecule has 0 atom stereocenters. The van der Waals surface area contributed by atoms with E-state index in [4.69, 9.17) is 0 Å². The fourth-order valence-electron chi connectivity index (χ4n) is 2.82. The van der Waals surface area contributed by atoms with Gasteiger partial charge in [0.25, 0.3) is 0 Å². The molecule has 0 spiro atoms. The highest BCUT2D eigenvalue weighted by molar-refractivity contribution is 5.95. The van der Waals surface area contributed by atoms with Gasteiger partial charge < -0.3 is 10.3 Å². The molecular weight excluding hydrogens is 286 g/mol. The number of hydrogen-bond donors (Lipinski definition) is 2. The van der Waals surface area contributed by atoms with Gasteiger partial charge >= 0.3 is 0 Å². The van der Waals surface area contributed by atoms with Crippen LogP contribution in [0, 0.1) is 0 Å². The summed E-state index contributed by atoms with van der Waals surface area (Å²) in [5.41, 5.74) is 0.828. The molecule has 0 bridgehead atoms. The zero-order valence-corrected chi connectivity index (χ0v) is 14.6. The van der Waals surface area contributed by atoms with Gasteiger partial charge in [0, 0.05) is 36.3 Å². The highest BCUT2D eigenvalue weighted by atomic mass is 16.1. The standard InChI is InChI=1S/C17H23N3O.C2H6/c1-2-20(15-6-7-15)12-11-19-17(21)14-4-3-13-9-10-18-16(13)8-5-14;1-2/h3,5,8-10,15,18H,2,4,6-7,11-12H2,1H3,(H,19,21);1-2H3. The summed E-state index contributed by atoms with van der Waals surface area (Å²) in [4.78, 5) is 17.9. The SMILES string of the molecule is CC.CCN(CCNC(=O)C1=CC=c2[nH]ccc2=CC1)C1CC1. The topological polar surface area (TPSA) is 48.1 Å². The van der Waals surface area contributed by atoms with Gasteiger partial charge in [-0.3, -0.25) is 9.69 Å². The third-order valence-corrected chi connectivity index (χ3v) is 4.25. The second kappa shape index (κ2) is 8.73. The van der Waals surface area contributed by atoms with E-state index in [9.17, 15) is 4.79 Å². The van der Waals surface area contributed by atoms with Gasteiger partial charge in [0.2, 0.25) is 5.91 Å². The Balaban J connectivity index is 0.000000924. The van der Waals surface area contributed by atoms with E-state index in [0.29, 0.717) is 6.42 Å². The first-order chi connectivity index (χ1) is 11.3. The molecule has 0 saturated heterocycles. The molecule has 2 aliphatic rings. The molecule has 0 aliphatic heterocycles. The number of nitrogens with zero attached hydrogens (tertiary/aromatic N) is 1. The lowest BCUT2D eigenvalue weighted by Gasteiger charge is -2.19. The first-order valence-corrected chi connectivity index (χ1v) is 8.84. The Morgan fingerprint density at radius 2 is 2.13 bits per heavy atom. The summed E-state index contributed by atoms with van der Waals surface area (Å²) in [5.74, 6) is 0.0551. The van der Waals surface area contributed by atoms with Crippen molar-refractivity contribution in [3.63, 3.8) is 0 Å². The lowest BCUT2D eigenvalue weighted by atomic mass is 10.1. The highest BCUT2D eigenvalue weighted by Crippen LogP contribution is 2.25. The fraction of sp³-hybridized carbons (Fsp3) is 0.526.